The Balaban J connectivity index is 2.16. The molecule has 0 aromatic heterocycles. The fraction of sp³-hybridized carbons (Fsp3) is 0.400. The van der Waals surface area contributed by atoms with Crippen molar-refractivity contribution < 1.29 is 14.4 Å². The molecule has 2 amide bonds. The summed E-state index contributed by atoms with van der Waals surface area (Å²) in [7, 11) is 0. The molecule has 1 fully saturated rings. The molecule has 1 heterocycles. The number of hydrogen-bond donors (Lipinski definition) is 0. The van der Waals surface area contributed by atoms with Gasteiger partial charge in [-0.05, 0) is 13.0 Å². The summed E-state index contributed by atoms with van der Waals surface area (Å²) in [5, 5.41) is 0. The van der Waals surface area contributed by atoms with Crippen LogP contribution in [0, 0.1) is 18.8 Å². The molecule has 2 rings (SSSR count). The van der Waals surface area contributed by atoms with Gasteiger partial charge in [0.15, 0.2) is 5.78 Å². The Labute approximate surface area is 112 Å². The first-order chi connectivity index (χ1) is 8.91. The van der Waals surface area contributed by atoms with E-state index in [1.165, 1.54) is 0 Å². The van der Waals surface area contributed by atoms with Crippen molar-refractivity contribution in [1.29, 1.82) is 0 Å². The molecule has 0 radical (unpaired) electrons. The van der Waals surface area contributed by atoms with Crippen molar-refractivity contribution in [3.05, 3.63) is 35.4 Å². The lowest BCUT2D eigenvalue weighted by atomic mass is 10.00. The summed E-state index contributed by atoms with van der Waals surface area (Å²) in [5.74, 6) is -1.38. The van der Waals surface area contributed by atoms with Crippen LogP contribution in [0.5, 0.6) is 0 Å². The fourth-order valence-corrected chi connectivity index (χ4v) is 2.24. The van der Waals surface area contributed by atoms with Crippen LogP contribution in [0.25, 0.3) is 0 Å². The number of carbonyl (C=O) groups excluding carboxylic acids is 3. The number of rotatable bonds is 3. The minimum Gasteiger partial charge on any atom is -0.292 e. The lowest BCUT2D eigenvalue weighted by Crippen LogP contribution is -2.35. The number of nitrogens with zero attached hydrogens (tertiary/aromatic N) is 1. The number of hydrogen-bond acceptors (Lipinski definition) is 3. The molecule has 0 aliphatic carbocycles. The number of likely N-dealkylation sites (tertiary alicyclic amines) is 1. The summed E-state index contributed by atoms with van der Waals surface area (Å²) >= 11 is 0. The van der Waals surface area contributed by atoms with Gasteiger partial charge >= 0.3 is 0 Å². The van der Waals surface area contributed by atoms with Crippen LogP contribution >= 0.6 is 0 Å². The van der Waals surface area contributed by atoms with Gasteiger partial charge in [-0.1, -0.05) is 37.6 Å². The van der Waals surface area contributed by atoms with Crippen molar-refractivity contribution in [3.8, 4) is 0 Å². The smallest absolute Gasteiger partial charge is 0.233 e. The van der Waals surface area contributed by atoms with Crippen LogP contribution in [0.3, 0.4) is 0 Å². The molecule has 0 bridgehead atoms. The number of benzene rings is 1. The van der Waals surface area contributed by atoms with Gasteiger partial charge in [0.2, 0.25) is 11.8 Å². The molecule has 1 aromatic carbocycles. The largest absolute Gasteiger partial charge is 0.292 e. The molecule has 2 unspecified atom stereocenters. The quantitative estimate of drug-likeness (QED) is 0.614. The van der Waals surface area contributed by atoms with Crippen molar-refractivity contribution in [2.24, 2.45) is 11.8 Å². The van der Waals surface area contributed by atoms with Crippen LogP contribution in [0.4, 0.5) is 0 Å². The maximum atomic E-state index is 12.1. The SMILES string of the molecule is Cc1cccc(C(=O)CN2C(=O)C(C)C(C)C2=O)c1. The van der Waals surface area contributed by atoms with Gasteiger partial charge in [-0.3, -0.25) is 19.3 Å². The summed E-state index contributed by atoms with van der Waals surface area (Å²) in [4.78, 5) is 37.0. The van der Waals surface area contributed by atoms with E-state index in [0.717, 1.165) is 10.5 Å². The molecule has 0 saturated carbocycles. The highest BCUT2D eigenvalue weighted by molar-refractivity contribution is 6.09. The van der Waals surface area contributed by atoms with E-state index in [0.29, 0.717) is 5.56 Å². The number of ketones is 1. The lowest BCUT2D eigenvalue weighted by Gasteiger charge is -2.13. The second-order valence-corrected chi connectivity index (χ2v) is 5.13. The molecule has 4 heteroatoms. The second kappa shape index (κ2) is 4.96. The Morgan fingerprint density at radius 2 is 1.74 bits per heavy atom. The standard InChI is InChI=1S/C15H17NO3/c1-9-5-4-6-12(7-9)13(17)8-16-14(18)10(2)11(3)15(16)19/h4-7,10-11H,8H2,1-3H3. The Bertz CT molecular complexity index is 530. The lowest BCUT2D eigenvalue weighted by molar-refractivity contribution is -0.139. The third-order valence-electron chi connectivity index (χ3n) is 3.70. The minimum absolute atomic E-state index is 0.157. The number of amides is 2. The zero-order valence-corrected chi connectivity index (χ0v) is 11.3. The van der Waals surface area contributed by atoms with E-state index in [4.69, 9.17) is 0 Å². The Kier molecular flexibility index (Phi) is 3.51. The summed E-state index contributed by atoms with van der Waals surface area (Å²) in [6.45, 7) is 5.19. The van der Waals surface area contributed by atoms with Gasteiger partial charge in [0, 0.05) is 17.4 Å². The summed E-state index contributed by atoms with van der Waals surface area (Å²) in [6.07, 6.45) is 0. The minimum atomic E-state index is -0.335. The number of Topliss-reactive ketones (excluding diaryl/α,β-unsaturated/α-hetero) is 1. The molecular formula is C15H17NO3. The van der Waals surface area contributed by atoms with Gasteiger partial charge in [0.05, 0.1) is 6.54 Å². The average Bonchev–Trinajstić information content (AvgIpc) is 2.56. The van der Waals surface area contributed by atoms with Crippen LogP contribution in [-0.4, -0.2) is 29.0 Å². The molecular weight excluding hydrogens is 242 g/mol. The fourth-order valence-electron chi connectivity index (χ4n) is 2.24. The second-order valence-electron chi connectivity index (χ2n) is 5.13. The molecule has 1 aliphatic heterocycles. The molecule has 4 nitrogen and oxygen atoms in total. The van der Waals surface area contributed by atoms with E-state index in [9.17, 15) is 14.4 Å². The van der Waals surface area contributed by atoms with E-state index in [2.05, 4.69) is 0 Å². The third-order valence-corrected chi connectivity index (χ3v) is 3.70. The predicted octanol–water partition coefficient (Wildman–Crippen LogP) is 1.82. The van der Waals surface area contributed by atoms with Crippen molar-refractivity contribution >= 4 is 17.6 Å². The average molecular weight is 259 g/mol. The van der Waals surface area contributed by atoms with Crippen LogP contribution < -0.4 is 0 Å². The van der Waals surface area contributed by atoms with Gasteiger partial charge in [-0.15, -0.1) is 0 Å². The number of imide groups is 1. The van der Waals surface area contributed by atoms with E-state index in [1.54, 1.807) is 32.0 Å². The van der Waals surface area contributed by atoms with E-state index < -0.39 is 0 Å². The first kappa shape index (κ1) is 13.5. The third kappa shape index (κ3) is 2.43. The first-order valence-corrected chi connectivity index (χ1v) is 6.37. The summed E-state index contributed by atoms with van der Waals surface area (Å²) < 4.78 is 0. The highest BCUT2D eigenvalue weighted by Gasteiger charge is 2.42. The van der Waals surface area contributed by atoms with Crippen molar-refractivity contribution in [2.75, 3.05) is 6.54 Å². The Morgan fingerprint density at radius 1 is 1.16 bits per heavy atom. The van der Waals surface area contributed by atoms with Crippen molar-refractivity contribution in [2.45, 2.75) is 20.8 Å². The normalized spacial score (nSPS) is 23.0. The Morgan fingerprint density at radius 3 is 2.26 bits per heavy atom. The summed E-state index contributed by atoms with van der Waals surface area (Å²) in [5.41, 5.74) is 1.51. The molecule has 0 spiro atoms. The van der Waals surface area contributed by atoms with E-state index >= 15 is 0 Å². The zero-order valence-electron chi connectivity index (χ0n) is 11.3. The monoisotopic (exact) mass is 259 g/mol. The van der Waals surface area contributed by atoms with E-state index in [-0.39, 0.29) is 36.0 Å². The van der Waals surface area contributed by atoms with E-state index in [1.807, 2.05) is 13.0 Å². The van der Waals surface area contributed by atoms with Gasteiger partial charge in [0.25, 0.3) is 0 Å². The van der Waals surface area contributed by atoms with Gasteiger partial charge in [-0.2, -0.15) is 0 Å². The maximum absolute atomic E-state index is 12.1. The van der Waals surface area contributed by atoms with Gasteiger partial charge in [0.1, 0.15) is 0 Å². The predicted molar refractivity (Wildman–Crippen MR) is 70.6 cm³/mol. The number of aryl methyl sites for hydroxylation is 1. The first-order valence-electron chi connectivity index (χ1n) is 6.37. The highest BCUT2D eigenvalue weighted by Crippen LogP contribution is 2.25. The van der Waals surface area contributed by atoms with Crippen molar-refractivity contribution in [3.63, 3.8) is 0 Å². The van der Waals surface area contributed by atoms with Crippen molar-refractivity contribution in [1.82, 2.24) is 4.90 Å². The molecule has 1 aromatic rings. The zero-order chi connectivity index (χ0) is 14.2. The van der Waals surface area contributed by atoms with Gasteiger partial charge < -0.3 is 0 Å². The molecule has 100 valence electrons. The molecule has 1 aliphatic rings. The Hall–Kier alpha value is -1.97. The maximum Gasteiger partial charge on any atom is 0.233 e. The van der Waals surface area contributed by atoms with Crippen LogP contribution in [-0.2, 0) is 9.59 Å². The molecule has 0 N–H and O–H groups in total. The number of carbonyl (C=O) groups is 3. The molecule has 19 heavy (non-hydrogen) atoms. The van der Waals surface area contributed by atoms with Gasteiger partial charge in [-0.25, -0.2) is 0 Å². The highest BCUT2D eigenvalue weighted by atomic mass is 16.2. The topological polar surface area (TPSA) is 54.5 Å². The molecule has 1 saturated heterocycles. The van der Waals surface area contributed by atoms with Crippen LogP contribution in [0.1, 0.15) is 29.8 Å². The molecule has 2 atom stereocenters. The van der Waals surface area contributed by atoms with Crippen LogP contribution in [0.2, 0.25) is 0 Å². The summed E-state index contributed by atoms with van der Waals surface area (Å²) in [6, 6.07) is 7.15. The van der Waals surface area contributed by atoms with Crippen LogP contribution in [0.15, 0.2) is 24.3 Å².